The Morgan fingerprint density at radius 1 is 1.26 bits per heavy atom. The number of para-hydroxylation sites is 1. The van der Waals surface area contributed by atoms with E-state index < -0.39 is 28.9 Å². The van der Waals surface area contributed by atoms with Crippen LogP contribution in [0.15, 0.2) is 24.3 Å². The van der Waals surface area contributed by atoms with Crippen LogP contribution in [-0.2, 0) is 25.5 Å². The molecule has 0 aliphatic heterocycles. The zero-order valence-electron chi connectivity index (χ0n) is 16.0. The topological polar surface area (TPSA) is 117 Å². The van der Waals surface area contributed by atoms with Crippen molar-refractivity contribution in [3.8, 4) is 0 Å². The number of esters is 1. The molecule has 0 aromatic heterocycles. The van der Waals surface area contributed by atoms with Crippen LogP contribution >= 0.6 is 0 Å². The quantitative estimate of drug-likeness (QED) is 0.394. The van der Waals surface area contributed by atoms with Gasteiger partial charge in [-0.25, -0.2) is 4.79 Å². The van der Waals surface area contributed by atoms with Crippen molar-refractivity contribution in [1.82, 2.24) is 0 Å². The molecule has 1 atom stereocenters. The Bertz CT molecular complexity index is 655. The van der Waals surface area contributed by atoms with Crippen molar-refractivity contribution < 1.29 is 29.0 Å². The minimum atomic E-state index is -1.04. The molecule has 1 N–H and O–H groups in total. The minimum absolute atomic E-state index is 0.0359. The first-order valence-electron chi connectivity index (χ1n) is 8.65. The highest BCUT2D eigenvalue weighted by Gasteiger charge is 2.22. The number of hydrogen-bond acceptors (Lipinski definition) is 7. The summed E-state index contributed by atoms with van der Waals surface area (Å²) in [5.41, 5.74) is 0.323. The summed E-state index contributed by atoms with van der Waals surface area (Å²) in [7, 11) is 0. The fraction of sp³-hybridized carbons (Fsp3) is 0.556. The first-order valence-corrected chi connectivity index (χ1v) is 8.65. The van der Waals surface area contributed by atoms with Crippen LogP contribution in [0, 0.1) is 10.1 Å². The summed E-state index contributed by atoms with van der Waals surface area (Å²) in [5.74, 6) is -0.582. The predicted molar refractivity (Wildman–Crippen MR) is 97.7 cm³/mol. The molecule has 0 aliphatic carbocycles. The fourth-order valence-electron chi connectivity index (χ4n) is 2.21. The molecular weight excluding hydrogens is 356 g/mol. The molecule has 0 radical (unpaired) electrons. The third kappa shape index (κ3) is 9.43. The van der Waals surface area contributed by atoms with E-state index in [0.29, 0.717) is 17.7 Å². The molecule has 9 nitrogen and oxygen atoms in total. The number of nitrogens with zero attached hydrogens (tertiary/aromatic N) is 1. The maximum absolute atomic E-state index is 12.0. The predicted octanol–water partition coefficient (Wildman–Crippen LogP) is 3.50. The van der Waals surface area contributed by atoms with E-state index in [9.17, 15) is 19.7 Å². The number of anilines is 1. The Labute approximate surface area is 158 Å². The van der Waals surface area contributed by atoms with Crippen molar-refractivity contribution in [3.05, 3.63) is 39.9 Å². The van der Waals surface area contributed by atoms with Gasteiger partial charge in [0.15, 0.2) is 0 Å². The second kappa shape index (κ2) is 10.3. The zero-order chi connectivity index (χ0) is 20.4. The van der Waals surface area contributed by atoms with Gasteiger partial charge >= 0.3 is 12.1 Å². The molecule has 1 rings (SSSR count). The molecule has 0 aliphatic rings. The second-order valence-electron chi connectivity index (χ2n) is 6.86. The van der Waals surface area contributed by atoms with Crippen LogP contribution in [0.25, 0.3) is 0 Å². The maximum atomic E-state index is 12.0. The molecule has 0 saturated heterocycles. The number of amides is 1. The van der Waals surface area contributed by atoms with Crippen LogP contribution in [0.4, 0.5) is 10.5 Å². The van der Waals surface area contributed by atoms with Gasteiger partial charge in [-0.1, -0.05) is 25.1 Å². The van der Waals surface area contributed by atoms with E-state index in [0.717, 1.165) is 0 Å². The molecule has 1 aromatic rings. The third-order valence-corrected chi connectivity index (χ3v) is 3.20. The number of carbonyl (C=O) groups excluding carboxylic acids is 2. The standard InChI is InChI=1S/C18H26N2O7/c1-5-10-25-16(21)12-14(27-20(23)24)11-13-8-6-7-9-15(13)19-17(22)26-18(2,3)4/h6-9,14H,5,10-12H2,1-4H3,(H,19,22). The van der Waals surface area contributed by atoms with Gasteiger partial charge in [-0.05, 0) is 38.8 Å². The van der Waals surface area contributed by atoms with Crippen LogP contribution in [0.1, 0.15) is 46.1 Å². The monoisotopic (exact) mass is 382 g/mol. The highest BCUT2D eigenvalue weighted by molar-refractivity contribution is 5.86. The summed E-state index contributed by atoms with van der Waals surface area (Å²) in [5, 5.41) is 12.4. The van der Waals surface area contributed by atoms with Crippen molar-refractivity contribution in [2.75, 3.05) is 11.9 Å². The SMILES string of the molecule is CCCOC(=O)CC(Cc1ccccc1NC(=O)OC(C)(C)C)O[N+](=O)[O-]. The van der Waals surface area contributed by atoms with Crippen molar-refractivity contribution in [1.29, 1.82) is 0 Å². The van der Waals surface area contributed by atoms with Crippen molar-refractivity contribution in [3.63, 3.8) is 0 Å². The summed E-state index contributed by atoms with van der Waals surface area (Å²) in [6, 6.07) is 6.74. The van der Waals surface area contributed by atoms with Gasteiger partial charge in [0.05, 0.1) is 13.0 Å². The Morgan fingerprint density at radius 3 is 2.52 bits per heavy atom. The lowest BCUT2D eigenvalue weighted by atomic mass is 10.0. The van der Waals surface area contributed by atoms with Crippen LogP contribution in [0.2, 0.25) is 0 Å². The lowest BCUT2D eigenvalue weighted by molar-refractivity contribution is -0.768. The number of nitrogens with one attached hydrogen (secondary N) is 1. The highest BCUT2D eigenvalue weighted by Crippen LogP contribution is 2.21. The summed E-state index contributed by atoms with van der Waals surface area (Å²) < 4.78 is 10.2. The van der Waals surface area contributed by atoms with Gasteiger partial charge in [0.1, 0.15) is 11.7 Å². The molecule has 1 amide bonds. The van der Waals surface area contributed by atoms with Gasteiger partial charge in [-0.15, -0.1) is 10.1 Å². The Morgan fingerprint density at radius 2 is 1.93 bits per heavy atom. The van der Waals surface area contributed by atoms with Crippen molar-refractivity contribution in [2.24, 2.45) is 0 Å². The Hall–Kier alpha value is -2.84. The molecule has 0 bridgehead atoms. The van der Waals surface area contributed by atoms with Crippen molar-refractivity contribution in [2.45, 2.75) is 58.7 Å². The van der Waals surface area contributed by atoms with Crippen LogP contribution in [0.5, 0.6) is 0 Å². The molecule has 0 spiro atoms. The van der Waals surface area contributed by atoms with Gasteiger partial charge in [-0.3, -0.25) is 10.1 Å². The largest absolute Gasteiger partial charge is 0.466 e. The highest BCUT2D eigenvalue weighted by atomic mass is 17.0. The summed E-state index contributed by atoms with van der Waals surface area (Å²) in [6.07, 6.45) is -1.28. The molecule has 9 heteroatoms. The molecule has 150 valence electrons. The number of carbonyl (C=O) groups is 2. The van der Waals surface area contributed by atoms with E-state index >= 15 is 0 Å². The number of hydrogen-bond donors (Lipinski definition) is 1. The average molecular weight is 382 g/mol. The summed E-state index contributed by atoms with van der Waals surface area (Å²) in [6.45, 7) is 7.29. The van der Waals surface area contributed by atoms with E-state index in [1.54, 1.807) is 45.0 Å². The van der Waals surface area contributed by atoms with E-state index in [2.05, 4.69) is 10.2 Å². The second-order valence-corrected chi connectivity index (χ2v) is 6.86. The number of benzene rings is 1. The van der Waals surface area contributed by atoms with E-state index in [-0.39, 0.29) is 19.4 Å². The molecule has 1 unspecified atom stereocenters. The third-order valence-electron chi connectivity index (χ3n) is 3.20. The zero-order valence-corrected chi connectivity index (χ0v) is 16.0. The van der Waals surface area contributed by atoms with Crippen LogP contribution < -0.4 is 5.32 Å². The molecule has 0 heterocycles. The summed E-state index contributed by atoms with van der Waals surface area (Å²) >= 11 is 0. The first kappa shape index (κ1) is 22.2. The van der Waals surface area contributed by atoms with E-state index in [1.165, 1.54) is 0 Å². The molecule has 27 heavy (non-hydrogen) atoms. The number of ether oxygens (including phenoxy) is 2. The smallest absolute Gasteiger partial charge is 0.412 e. The Kier molecular flexibility index (Phi) is 8.50. The summed E-state index contributed by atoms with van der Waals surface area (Å²) in [4.78, 5) is 39.2. The van der Waals surface area contributed by atoms with Gasteiger partial charge in [-0.2, -0.15) is 0 Å². The average Bonchev–Trinajstić information content (AvgIpc) is 2.52. The molecule has 0 fully saturated rings. The molecule has 1 aromatic carbocycles. The molecule has 0 saturated carbocycles. The van der Waals surface area contributed by atoms with Crippen LogP contribution in [-0.4, -0.2) is 35.5 Å². The normalized spacial score (nSPS) is 12.0. The maximum Gasteiger partial charge on any atom is 0.412 e. The Balaban J connectivity index is 2.87. The van der Waals surface area contributed by atoms with Gasteiger partial charge in [0, 0.05) is 12.1 Å². The van der Waals surface area contributed by atoms with Gasteiger partial charge in [0.25, 0.3) is 5.09 Å². The lowest BCUT2D eigenvalue weighted by Gasteiger charge is -2.21. The first-order chi connectivity index (χ1) is 12.6. The van der Waals surface area contributed by atoms with Crippen molar-refractivity contribution >= 4 is 17.7 Å². The lowest BCUT2D eigenvalue weighted by Crippen LogP contribution is -2.28. The van der Waals surface area contributed by atoms with E-state index in [1.807, 2.05) is 6.92 Å². The number of rotatable bonds is 9. The van der Waals surface area contributed by atoms with Crippen LogP contribution in [0.3, 0.4) is 0 Å². The minimum Gasteiger partial charge on any atom is -0.466 e. The molecular formula is C18H26N2O7. The van der Waals surface area contributed by atoms with Gasteiger partial charge < -0.3 is 14.3 Å². The van der Waals surface area contributed by atoms with Gasteiger partial charge in [0.2, 0.25) is 0 Å². The van der Waals surface area contributed by atoms with E-state index in [4.69, 9.17) is 9.47 Å². The fourth-order valence-corrected chi connectivity index (χ4v) is 2.21.